The fourth-order valence-electron chi connectivity index (χ4n) is 1.74. The van der Waals surface area contributed by atoms with Gasteiger partial charge in [-0.3, -0.25) is 0 Å². The van der Waals surface area contributed by atoms with Crippen molar-refractivity contribution in [3.63, 3.8) is 0 Å². The molecule has 0 saturated heterocycles. The van der Waals surface area contributed by atoms with Gasteiger partial charge in [0.25, 0.3) is 0 Å². The minimum absolute atomic E-state index is 0.517. The maximum Gasteiger partial charge on any atom is 0.326 e. The summed E-state index contributed by atoms with van der Waals surface area (Å²) in [6.45, 7) is 3.80. The number of anilines is 1. The number of hydrogen-bond donors (Lipinski definition) is 1. The van der Waals surface area contributed by atoms with E-state index >= 15 is 0 Å². The van der Waals surface area contributed by atoms with Crippen LogP contribution in [0.3, 0.4) is 0 Å². The van der Waals surface area contributed by atoms with Gasteiger partial charge in [-0.2, -0.15) is 0 Å². The van der Waals surface area contributed by atoms with Gasteiger partial charge in [-0.05, 0) is 31.0 Å². The molecule has 0 unspecified atom stereocenters. The van der Waals surface area contributed by atoms with Gasteiger partial charge >= 0.3 is 5.97 Å². The van der Waals surface area contributed by atoms with Gasteiger partial charge in [0, 0.05) is 17.8 Å². The van der Waals surface area contributed by atoms with Crippen molar-refractivity contribution >= 4 is 23.3 Å². The predicted molar refractivity (Wildman–Crippen MR) is 66.3 cm³/mol. The molecule has 0 aliphatic carbocycles. The first kappa shape index (κ1) is 12.8. The molecule has 0 spiro atoms. The van der Waals surface area contributed by atoms with E-state index in [4.69, 9.17) is 16.7 Å². The molecule has 0 aromatic heterocycles. The molecule has 3 nitrogen and oxygen atoms in total. The Balaban J connectivity index is 3.07. The van der Waals surface area contributed by atoms with Crippen LogP contribution in [0.1, 0.15) is 18.9 Å². The third-order valence-electron chi connectivity index (χ3n) is 2.69. The van der Waals surface area contributed by atoms with E-state index in [-0.39, 0.29) is 0 Å². The summed E-state index contributed by atoms with van der Waals surface area (Å²) in [7, 11) is 1.78. The molecule has 1 aromatic rings. The van der Waals surface area contributed by atoms with Crippen LogP contribution < -0.4 is 4.90 Å². The first-order chi connectivity index (χ1) is 7.47. The highest BCUT2D eigenvalue weighted by Crippen LogP contribution is 2.25. The number of carbonyl (C=O) groups is 1. The van der Waals surface area contributed by atoms with Gasteiger partial charge in [0.15, 0.2) is 0 Å². The van der Waals surface area contributed by atoms with Gasteiger partial charge in [0.05, 0.1) is 0 Å². The number of halogens is 1. The molecular formula is C12H16ClNO2. The lowest BCUT2D eigenvalue weighted by Crippen LogP contribution is -2.38. The van der Waals surface area contributed by atoms with E-state index < -0.39 is 12.0 Å². The first-order valence-corrected chi connectivity index (χ1v) is 5.57. The number of benzene rings is 1. The summed E-state index contributed by atoms with van der Waals surface area (Å²) in [6.07, 6.45) is 0.553. The number of hydrogen-bond acceptors (Lipinski definition) is 2. The van der Waals surface area contributed by atoms with Crippen LogP contribution in [0.4, 0.5) is 5.69 Å². The summed E-state index contributed by atoms with van der Waals surface area (Å²) in [4.78, 5) is 12.8. The maximum absolute atomic E-state index is 11.1. The standard InChI is InChI=1S/C12H16ClNO2/c1-4-10(12(15)16)14(3)11-7-9(13)6-5-8(11)2/h5-7,10H,4H2,1-3H3,(H,15,16)/t10-/m1/s1. The summed E-state index contributed by atoms with van der Waals surface area (Å²) < 4.78 is 0. The van der Waals surface area contributed by atoms with Crippen LogP contribution >= 0.6 is 11.6 Å². The van der Waals surface area contributed by atoms with E-state index in [0.717, 1.165) is 11.3 Å². The van der Waals surface area contributed by atoms with Crippen LogP contribution in [0.5, 0.6) is 0 Å². The number of nitrogens with zero attached hydrogens (tertiary/aromatic N) is 1. The highest BCUT2D eigenvalue weighted by atomic mass is 35.5. The first-order valence-electron chi connectivity index (χ1n) is 5.19. The van der Waals surface area contributed by atoms with Gasteiger partial charge in [-0.25, -0.2) is 4.79 Å². The fourth-order valence-corrected chi connectivity index (χ4v) is 1.91. The van der Waals surface area contributed by atoms with Gasteiger partial charge in [0.1, 0.15) is 6.04 Å². The topological polar surface area (TPSA) is 40.5 Å². The Morgan fingerprint density at radius 3 is 2.69 bits per heavy atom. The van der Waals surface area contributed by atoms with Gasteiger partial charge in [-0.15, -0.1) is 0 Å². The Morgan fingerprint density at radius 1 is 1.56 bits per heavy atom. The number of likely N-dealkylation sites (N-methyl/N-ethyl adjacent to an activating group) is 1. The lowest BCUT2D eigenvalue weighted by molar-refractivity contribution is -0.138. The minimum Gasteiger partial charge on any atom is -0.480 e. The average molecular weight is 242 g/mol. The zero-order chi connectivity index (χ0) is 12.3. The van der Waals surface area contributed by atoms with E-state index in [1.54, 1.807) is 24.1 Å². The smallest absolute Gasteiger partial charge is 0.326 e. The minimum atomic E-state index is -0.815. The van der Waals surface area contributed by atoms with Crippen molar-refractivity contribution in [2.75, 3.05) is 11.9 Å². The molecular weight excluding hydrogens is 226 g/mol. The lowest BCUT2D eigenvalue weighted by atomic mass is 10.1. The third-order valence-corrected chi connectivity index (χ3v) is 2.93. The van der Waals surface area contributed by atoms with Crippen LogP contribution in [0.2, 0.25) is 5.02 Å². The Bertz CT molecular complexity index is 393. The Labute approximate surface area is 101 Å². The van der Waals surface area contributed by atoms with E-state index in [9.17, 15) is 4.79 Å². The Morgan fingerprint density at radius 2 is 2.19 bits per heavy atom. The van der Waals surface area contributed by atoms with Gasteiger partial charge in [-0.1, -0.05) is 24.6 Å². The van der Waals surface area contributed by atoms with Crippen LogP contribution in [0.15, 0.2) is 18.2 Å². The molecule has 0 aliphatic rings. The summed E-state index contributed by atoms with van der Waals surface area (Å²) in [5.74, 6) is -0.815. The summed E-state index contributed by atoms with van der Waals surface area (Å²) >= 11 is 5.91. The second-order valence-corrected chi connectivity index (χ2v) is 4.24. The molecule has 1 rings (SSSR count). The van der Waals surface area contributed by atoms with Crippen molar-refractivity contribution < 1.29 is 9.90 Å². The van der Waals surface area contributed by atoms with Gasteiger partial charge < -0.3 is 10.0 Å². The van der Waals surface area contributed by atoms with E-state index in [1.807, 2.05) is 19.9 Å². The summed E-state index contributed by atoms with van der Waals surface area (Å²) in [5.41, 5.74) is 1.88. The highest BCUT2D eigenvalue weighted by Gasteiger charge is 2.21. The number of rotatable bonds is 4. The average Bonchev–Trinajstić information content (AvgIpc) is 2.22. The number of carboxylic acid groups (broad SMARTS) is 1. The molecule has 1 aromatic carbocycles. The molecule has 0 heterocycles. The van der Waals surface area contributed by atoms with E-state index in [0.29, 0.717) is 11.4 Å². The second-order valence-electron chi connectivity index (χ2n) is 3.80. The van der Waals surface area contributed by atoms with Crippen LogP contribution in [-0.2, 0) is 4.79 Å². The number of carboxylic acids is 1. The highest BCUT2D eigenvalue weighted by molar-refractivity contribution is 6.30. The van der Waals surface area contributed by atoms with E-state index in [2.05, 4.69) is 0 Å². The summed E-state index contributed by atoms with van der Waals surface area (Å²) in [5, 5.41) is 9.71. The molecule has 0 radical (unpaired) electrons. The number of aryl methyl sites for hydroxylation is 1. The monoisotopic (exact) mass is 241 g/mol. The molecule has 4 heteroatoms. The van der Waals surface area contributed by atoms with Crippen molar-refractivity contribution in [1.29, 1.82) is 0 Å². The molecule has 88 valence electrons. The largest absolute Gasteiger partial charge is 0.480 e. The molecule has 0 amide bonds. The molecule has 16 heavy (non-hydrogen) atoms. The molecule has 0 saturated carbocycles. The second kappa shape index (κ2) is 5.21. The summed E-state index contributed by atoms with van der Waals surface area (Å²) in [6, 6.07) is 4.97. The van der Waals surface area contributed by atoms with Crippen LogP contribution in [0, 0.1) is 6.92 Å². The number of aliphatic carboxylic acids is 1. The molecule has 1 N–H and O–H groups in total. The third kappa shape index (κ3) is 2.67. The molecule has 0 bridgehead atoms. The zero-order valence-electron chi connectivity index (χ0n) is 9.70. The molecule has 0 aliphatic heterocycles. The van der Waals surface area contributed by atoms with Crippen molar-refractivity contribution in [2.24, 2.45) is 0 Å². The van der Waals surface area contributed by atoms with E-state index in [1.165, 1.54) is 0 Å². The van der Waals surface area contributed by atoms with Crippen molar-refractivity contribution in [1.82, 2.24) is 0 Å². The maximum atomic E-state index is 11.1. The fraction of sp³-hybridized carbons (Fsp3) is 0.417. The van der Waals surface area contributed by atoms with Crippen LogP contribution in [0.25, 0.3) is 0 Å². The predicted octanol–water partition coefficient (Wildman–Crippen LogP) is 2.95. The Hall–Kier alpha value is -1.22. The molecule has 0 fully saturated rings. The van der Waals surface area contributed by atoms with Crippen molar-refractivity contribution in [3.8, 4) is 0 Å². The Kier molecular flexibility index (Phi) is 4.19. The normalized spacial score (nSPS) is 12.2. The van der Waals surface area contributed by atoms with Crippen LogP contribution in [-0.4, -0.2) is 24.2 Å². The quantitative estimate of drug-likeness (QED) is 0.881. The van der Waals surface area contributed by atoms with Crippen molar-refractivity contribution in [2.45, 2.75) is 26.3 Å². The van der Waals surface area contributed by atoms with Gasteiger partial charge in [0.2, 0.25) is 0 Å². The lowest BCUT2D eigenvalue weighted by Gasteiger charge is -2.27. The SMILES string of the molecule is CC[C@H](C(=O)O)N(C)c1cc(Cl)ccc1C. The molecule has 1 atom stereocenters. The zero-order valence-corrected chi connectivity index (χ0v) is 10.5. The van der Waals surface area contributed by atoms with Crippen molar-refractivity contribution in [3.05, 3.63) is 28.8 Å².